The molecular weight excluding hydrogens is 442 g/mol. The van der Waals surface area contributed by atoms with E-state index in [4.69, 9.17) is 19.9 Å². The van der Waals surface area contributed by atoms with Gasteiger partial charge in [-0.15, -0.1) is 0 Å². The minimum atomic E-state index is -0.662. The summed E-state index contributed by atoms with van der Waals surface area (Å²) in [5, 5.41) is 0. The zero-order valence-electron chi connectivity index (χ0n) is 20.1. The van der Waals surface area contributed by atoms with Crippen LogP contribution in [0.25, 0.3) is 45.2 Å². The molecule has 0 bridgehead atoms. The van der Waals surface area contributed by atoms with Gasteiger partial charge in [0.1, 0.15) is 11.4 Å². The minimum Gasteiger partial charge on any atom is -0.306 e. The summed E-state index contributed by atoms with van der Waals surface area (Å²) in [7, 11) is 0. The van der Waals surface area contributed by atoms with Gasteiger partial charge in [0.2, 0.25) is 0 Å². The lowest BCUT2D eigenvalue weighted by molar-refractivity contribution is 0.482. The topological polar surface area (TPSA) is 56.5 Å². The summed E-state index contributed by atoms with van der Waals surface area (Å²) in [6.45, 7) is 4.31. The summed E-state index contributed by atoms with van der Waals surface area (Å²) < 4.78 is 2.30. The van der Waals surface area contributed by atoms with Crippen LogP contribution in [0.5, 0.6) is 0 Å². The van der Waals surface area contributed by atoms with Crippen molar-refractivity contribution in [3.63, 3.8) is 0 Å². The van der Waals surface area contributed by atoms with Crippen LogP contribution in [0.1, 0.15) is 23.9 Å². The van der Waals surface area contributed by atoms with Crippen molar-refractivity contribution in [2.75, 3.05) is 0 Å². The monoisotopic (exact) mass is 465 g/mol. The molecule has 0 fully saturated rings. The van der Waals surface area contributed by atoms with Gasteiger partial charge in [-0.3, -0.25) is 0 Å². The van der Waals surface area contributed by atoms with Gasteiger partial charge in [-0.25, -0.2) is 19.9 Å². The Kier molecular flexibility index (Phi) is 4.42. The van der Waals surface area contributed by atoms with Crippen molar-refractivity contribution in [1.82, 2.24) is 24.5 Å². The lowest BCUT2D eigenvalue weighted by atomic mass is 9.90. The highest BCUT2D eigenvalue weighted by molar-refractivity contribution is 5.86. The van der Waals surface area contributed by atoms with Crippen LogP contribution in [-0.2, 0) is 5.54 Å². The van der Waals surface area contributed by atoms with Crippen molar-refractivity contribution in [2.24, 2.45) is 0 Å². The Labute approximate surface area is 209 Å². The molecule has 0 N–H and O–H groups in total. The fourth-order valence-electron chi connectivity index (χ4n) is 5.29. The quantitative estimate of drug-likeness (QED) is 0.293. The molecule has 1 atom stereocenters. The molecule has 0 aliphatic carbocycles. The second kappa shape index (κ2) is 7.68. The van der Waals surface area contributed by atoms with E-state index in [9.17, 15) is 0 Å². The number of nitrogens with zero attached hydrogens (tertiary/aromatic N) is 5. The lowest BCUT2D eigenvalue weighted by Gasteiger charge is -2.28. The van der Waals surface area contributed by atoms with Gasteiger partial charge in [0.15, 0.2) is 17.5 Å². The van der Waals surface area contributed by atoms with Crippen LogP contribution in [0.15, 0.2) is 103 Å². The number of hydrogen-bond acceptors (Lipinski definition) is 4. The minimum absolute atomic E-state index is 0.659. The molecule has 5 nitrogen and oxygen atoms in total. The van der Waals surface area contributed by atoms with Crippen molar-refractivity contribution < 1.29 is 0 Å². The summed E-state index contributed by atoms with van der Waals surface area (Å²) in [5.74, 6) is 2.96. The van der Waals surface area contributed by atoms with Gasteiger partial charge in [0, 0.05) is 16.7 Å². The van der Waals surface area contributed by atoms with E-state index in [0.717, 1.165) is 39.1 Å². The number of rotatable bonds is 3. The molecule has 2 aromatic heterocycles. The van der Waals surface area contributed by atoms with E-state index in [1.165, 1.54) is 5.56 Å². The van der Waals surface area contributed by atoms with E-state index in [0.29, 0.717) is 17.5 Å². The average Bonchev–Trinajstić information content (AvgIpc) is 3.43. The molecule has 0 saturated heterocycles. The Hall–Kier alpha value is -4.64. The summed E-state index contributed by atoms with van der Waals surface area (Å²) in [5.41, 5.74) is 6.74. The number of imidazole rings is 1. The first kappa shape index (κ1) is 20.7. The van der Waals surface area contributed by atoms with E-state index in [1.807, 2.05) is 60.7 Å². The fourth-order valence-corrected chi connectivity index (χ4v) is 5.29. The van der Waals surface area contributed by atoms with Crippen LogP contribution in [0.4, 0.5) is 0 Å². The Bertz CT molecular complexity index is 1700. The van der Waals surface area contributed by atoms with Gasteiger partial charge >= 0.3 is 0 Å². The van der Waals surface area contributed by atoms with Crippen LogP contribution >= 0.6 is 0 Å². The highest BCUT2D eigenvalue weighted by atomic mass is 15.2. The maximum absolute atomic E-state index is 5.12. The summed E-state index contributed by atoms with van der Waals surface area (Å²) in [6, 6.07) is 35.1. The molecule has 36 heavy (non-hydrogen) atoms. The maximum Gasteiger partial charge on any atom is 0.163 e. The summed E-state index contributed by atoms with van der Waals surface area (Å²) >= 11 is 0. The molecule has 1 aliphatic rings. The van der Waals surface area contributed by atoms with Gasteiger partial charge < -0.3 is 4.57 Å². The highest BCUT2D eigenvalue weighted by Gasteiger charge is 2.45. The van der Waals surface area contributed by atoms with Crippen LogP contribution in [0.3, 0.4) is 0 Å². The number of hydrogen-bond donors (Lipinski definition) is 0. The van der Waals surface area contributed by atoms with Crippen molar-refractivity contribution in [3.05, 3.63) is 120 Å². The van der Waals surface area contributed by atoms with E-state index in [-0.39, 0.29) is 0 Å². The molecule has 5 heteroatoms. The Morgan fingerprint density at radius 2 is 1.25 bits per heavy atom. The molecule has 0 saturated carbocycles. The van der Waals surface area contributed by atoms with E-state index < -0.39 is 5.54 Å². The third kappa shape index (κ3) is 2.96. The SMILES string of the molecule is Cc1ccc2nc3n(c2c1)C(C)(c1nc(-c2ccccc2)nc(-c2ccccc2)n1)c1ccccc1-3. The van der Waals surface area contributed by atoms with Crippen molar-refractivity contribution in [1.29, 1.82) is 0 Å². The Morgan fingerprint density at radius 3 is 1.92 bits per heavy atom. The molecule has 7 rings (SSSR count). The summed E-state index contributed by atoms with van der Waals surface area (Å²) in [4.78, 5) is 20.2. The molecule has 1 aliphatic heterocycles. The third-order valence-electron chi connectivity index (χ3n) is 7.08. The van der Waals surface area contributed by atoms with Crippen molar-refractivity contribution >= 4 is 11.0 Å². The maximum atomic E-state index is 5.12. The molecule has 0 amide bonds. The normalized spacial score (nSPS) is 16.2. The smallest absolute Gasteiger partial charge is 0.163 e. The van der Waals surface area contributed by atoms with E-state index in [2.05, 4.69) is 60.9 Å². The number of aryl methyl sites for hydroxylation is 1. The van der Waals surface area contributed by atoms with Crippen LogP contribution in [0.2, 0.25) is 0 Å². The fraction of sp³-hybridized carbons (Fsp3) is 0.0968. The highest BCUT2D eigenvalue weighted by Crippen LogP contribution is 2.48. The van der Waals surface area contributed by atoms with E-state index >= 15 is 0 Å². The molecule has 172 valence electrons. The standard InChI is InChI=1S/C31H23N5/c1-20-17-18-25-26(19-20)36-29(32-25)23-15-9-10-16-24(23)31(36,2)30-34-27(21-11-5-3-6-12-21)33-28(35-30)22-13-7-4-8-14-22/h3-19H,1-2H3. The van der Waals surface area contributed by atoms with Gasteiger partial charge in [-0.1, -0.05) is 91.0 Å². The second-order valence-corrected chi connectivity index (χ2v) is 9.42. The van der Waals surface area contributed by atoms with Gasteiger partial charge in [-0.05, 0) is 37.1 Å². The number of aromatic nitrogens is 5. The zero-order valence-corrected chi connectivity index (χ0v) is 20.1. The molecule has 4 aromatic carbocycles. The average molecular weight is 466 g/mol. The molecular formula is C31H23N5. The predicted molar refractivity (Wildman–Crippen MR) is 142 cm³/mol. The largest absolute Gasteiger partial charge is 0.306 e. The molecule has 0 spiro atoms. The van der Waals surface area contributed by atoms with Gasteiger partial charge in [0.05, 0.1) is 11.0 Å². The molecule has 6 aromatic rings. The van der Waals surface area contributed by atoms with Crippen LogP contribution in [-0.4, -0.2) is 24.5 Å². The van der Waals surface area contributed by atoms with Gasteiger partial charge in [-0.2, -0.15) is 0 Å². The Balaban J connectivity index is 1.57. The lowest BCUT2D eigenvalue weighted by Crippen LogP contribution is -2.32. The third-order valence-corrected chi connectivity index (χ3v) is 7.08. The zero-order chi connectivity index (χ0) is 24.3. The van der Waals surface area contributed by atoms with Crippen molar-refractivity contribution in [3.8, 4) is 34.2 Å². The predicted octanol–water partition coefficient (Wildman–Crippen LogP) is 6.66. The first-order valence-corrected chi connectivity index (χ1v) is 12.1. The van der Waals surface area contributed by atoms with Crippen LogP contribution < -0.4 is 0 Å². The number of benzene rings is 4. The van der Waals surface area contributed by atoms with E-state index in [1.54, 1.807) is 0 Å². The first-order valence-electron chi connectivity index (χ1n) is 12.1. The summed E-state index contributed by atoms with van der Waals surface area (Å²) in [6.07, 6.45) is 0. The molecule has 1 unspecified atom stereocenters. The molecule has 3 heterocycles. The van der Waals surface area contributed by atoms with Crippen molar-refractivity contribution in [2.45, 2.75) is 19.4 Å². The second-order valence-electron chi connectivity index (χ2n) is 9.42. The van der Waals surface area contributed by atoms with Crippen LogP contribution in [0, 0.1) is 6.92 Å². The first-order chi connectivity index (χ1) is 17.6. The van der Waals surface area contributed by atoms with Gasteiger partial charge in [0.25, 0.3) is 0 Å². The number of fused-ring (bicyclic) bond motifs is 5. The molecule has 0 radical (unpaired) electrons. The Morgan fingerprint density at radius 1 is 0.639 bits per heavy atom.